The highest BCUT2D eigenvalue weighted by atomic mass is 16.6. The summed E-state index contributed by atoms with van der Waals surface area (Å²) in [6, 6.07) is 0. The lowest BCUT2D eigenvalue weighted by Gasteiger charge is -2.13. The molecule has 0 amide bonds. The lowest BCUT2D eigenvalue weighted by Crippen LogP contribution is -2.32. The van der Waals surface area contributed by atoms with E-state index in [1.165, 1.54) is 12.4 Å². The number of aliphatic hydroxyl groups is 3. The summed E-state index contributed by atoms with van der Waals surface area (Å²) in [6.07, 6.45) is -1.30. The van der Waals surface area contributed by atoms with Crippen LogP contribution in [0.25, 0.3) is 0 Å². The van der Waals surface area contributed by atoms with Crippen LogP contribution in [0.15, 0.2) is 17.2 Å². The fourth-order valence-corrected chi connectivity index (χ4v) is 1.68. The highest BCUT2D eigenvalue weighted by Crippen LogP contribution is 2.32. The second-order valence-electron chi connectivity index (χ2n) is 3.61. The van der Waals surface area contributed by atoms with Crippen molar-refractivity contribution >= 4 is 0 Å². The van der Waals surface area contributed by atoms with Gasteiger partial charge in [0.2, 0.25) is 0 Å². The molecule has 2 rings (SSSR count). The van der Waals surface area contributed by atoms with Crippen LogP contribution in [0.2, 0.25) is 0 Å². The van der Waals surface area contributed by atoms with E-state index in [9.17, 15) is 15.0 Å². The van der Waals surface area contributed by atoms with Crippen molar-refractivity contribution in [1.82, 2.24) is 9.97 Å². The van der Waals surface area contributed by atoms with E-state index in [2.05, 4.69) is 9.97 Å². The highest BCUT2D eigenvalue weighted by molar-refractivity contribution is 5.12. The largest absolute Gasteiger partial charge is 0.394 e. The Morgan fingerprint density at radius 2 is 2.19 bits per heavy atom. The smallest absolute Gasteiger partial charge is 0.344 e. The fourth-order valence-electron chi connectivity index (χ4n) is 1.68. The first-order valence-corrected chi connectivity index (χ1v) is 4.80. The summed E-state index contributed by atoms with van der Waals surface area (Å²) < 4.78 is 5.25. The number of hydrogen-bond acceptors (Lipinski definition) is 6. The van der Waals surface area contributed by atoms with Gasteiger partial charge in [0.05, 0.1) is 6.61 Å². The molecule has 0 unspecified atom stereocenters. The Kier molecular flexibility index (Phi) is 3.01. The van der Waals surface area contributed by atoms with Gasteiger partial charge in [-0.05, 0) is 0 Å². The minimum absolute atomic E-state index is 0.383. The van der Waals surface area contributed by atoms with E-state index >= 15 is 0 Å². The maximum atomic E-state index is 10.7. The van der Waals surface area contributed by atoms with E-state index in [0.29, 0.717) is 5.56 Å². The lowest BCUT2D eigenvalue weighted by atomic mass is 10.0. The van der Waals surface area contributed by atoms with Gasteiger partial charge in [0.25, 0.3) is 0 Å². The molecule has 16 heavy (non-hydrogen) atoms. The topological polar surface area (TPSA) is 116 Å². The Labute approximate surface area is 90.3 Å². The Hall–Kier alpha value is -1.28. The van der Waals surface area contributed by atoms with E-state index in [1.54, 1.807) is 0 Å². The van der Waals surface area contributed by atoms with Gasteiger partial charge in [-0.1, -0.05) is 0 Å². The molecule has 1 aliphatic rings. The summed E-state index contributed by atoms with van der Waals surface area (Å²) in [4.78, 5) is 16.6. The van der Waals surface area contributed by atoms with Gasteiger partial charge in [-0.2, -0.15) is 0 Å². The van der Waals surface area contributed by atoms with Crippen LogP contribution in [0.5, 0.6) is 0 Å². The van der Waals surface area contributed by atoms with Crippen LogP contribution in [0, 0.1) is 0 Å². The number of rotatable bonds is 2. The SMILES string of the molecule is O=c1ncc([C@@H]2O[C@H](CO)[C@H](O)[C@@H]2O)c[nH]1. The first-order valence-electron chi connectivity index (χ1n) is 4.80. The van der Waals surface area contributed by atoms with Gasteiger partial charge in [-0.15, -0.1) is 0 Å². The molecule has 88 valence electrons. The number of nitrogens with zero attached hydrogens (tertiary/aromatic N) is 1. The molecule has 1 saturated heterocycles. The Bertz CT molecular complexity index is 400. The molecule has 0 aliphatic carbocycles. The Balaban J connectivity index is 2.22. The molecular weight excluding hydrogens is 216 g/mol. The molecule has 1 aromatic heterocycles. The molecule has 7 heteroatoms. The van der Waals surface area contributed by atoms with Crippen molar-refractivity contribution in [3.63, 3.8) is 0 Å². The predicted molar refractivity (Wildman–Crippen MR) is 51.6 cm³/mol. The molecular formula is C9H12N2O5. The number of hydrogen-bond donors (Lipinski definition) is 4. The summed E-state index contributed by atoms with van der Waals surface area (Å²) in [5.41, 5.74) is -0.0578. The maximum absolute atomic E-state index is 10.7. The van der Waals surface area contributed by atoms with Crippen molar-refractivity contribution in [2.24, 2.45) is 0 Å². The zero-order valence-corrected chi connectivity index (χ0v) is 8.28. The summed E-state index contributed by atoms with van der Waals surface area (Å²) in [7, 11) is 0. The van der Waals surface area contributed by atoms with Crippen molar-refractivity contribution in [3.8, 4) is 0 Å². The lowest BCUT2D eigenvalue weighted by molar-refractivity contribution is -0.0229. The van der Waals surface area contributed by atoms with Gasteiger partial charge in [0.15, 0.2) is 0 Å². The number of aromatic amines is 1. The standard InChI is InChI=1S/C9H12N2O5/c12-3-5-6(13)7(14)8(16-5)4-1-10-9(15)11-2-4/h1-2,5-8,12-14H,3H2,(H,10,11,15)/t5-,6+,7+,8+/m1/s1. The molecule has 7 nitrogen and oxygen atoms in total. The zero-order valence-electron chi connectivity index (χ0n) is 8.28. The van der Waals surface area contributed by atoms with Crippen LogP contribution >= 0.6 is 0 Å². The average molecular weight is 228 g/mol. The van der Waals surface area contributed by atoms with Crippen molar-refractivity contribution < 1.29 is 20.1 Å². The van der Waals surface area contributed by atoms with Crippen LogP contribution in [-0.4, -0.2) is 50.2 Å². The minimum atomic E-state index is -1.15. The number of H-pyrrole nitrogens is 1. The van der Waals surface area contributed by atoms with E-state index in [1.807, 2.05) is 0 Å². The molecule has 0 saturated carbocycles. The van der Waals surface area contributed by atoms with E-state index in [0.717, 1.165) is 0 Å². The molecule has 0 spiro atoms. The first kappa shape index (κ1) is 11.2. The highest BCUT2D eigenvalue weighted by Gasteiger charge is 2.43. The molecule has 4 N–H and O–H groups in total. The third-order valence-corrected chi connectivity index (χ3v) is 2.56. The molecule has 0 bridgehead atoms. The molecule has 4 atom stereocenters. The molecule has 1 aliphatic heterocycles. The first-order chi connectivity index (χ1) is 7.63. The third kappa shape index (κ3) is 1.85. The van der Waals surface area contributed by atoms with Gasteiger partial charge in [0, 0.05) is 18.0 Å². The molecule has 0 aromatic carbocycles. The minimum Gasteiger partial charge on any atom is -0.394 e. The normalized spacial score (nSPS) is 34.2. The number of ether oxygens (including phenoxy) is 1. The number of nitrogens with one attached hydrogen (secondary N) is 1. The predicted octanol–water partition coefficient (Wildman–Crippen LogP) is -2.08. The monoisotopic (exact) mass is 228 g/mol. The molecule has 1 aromatic rings. The van der Waals surface area contributed by atoms with Crippen molar-refractivity contribution in [1.29, 1.82) is 0 Å². The van der Waals surface area contributed by atoms with Gasteiger partial charge >= 0.3 is 5.69 Å². The van der Waals surface area contributed by atoms with E-state index in [4.69, 9.17) is 9.84 Å². The molecule has 1 fully saturated rings. The van der Waals surface area contributed by atoms with Crippen molar-refractivity contribution in [2.75, 3.05) is 6.61 Å². The molecule has 2 heterocycles. The molecule has 0 radical (unpaired) electrons. The van der Waals surface area contributed by atoms with Gasteiger partial charge < -0.3 is 25.0 Å². The zero-order chi connectivity index (χ0) is 11.7. The number of aromatic nitrogens is 2. The van der Waals surface area contributed by atoms with Crippen molar-refractivity contribution in [2.45, 2.75) is 24.4 Å². The van der Waals surface area contributed by atoms with Crippen LogP contribution in [0.4, 0.5) is 0 Å². The van der Waals surface area contributed by atoms with Crippen LogP contribution in [-0.2, 0) is 4.74 Å². The van der Waals surface area contributed by atoms with Crippen LogP contribution < -0.4 is 5.69 Å². The number of aliphatic hydroxyl groups excluding tert-OH is 3. The average Bonchev–Trinajstić information content (AvgIpc) is 2.57. The quantitative estimate of drug-likeness (QED) is 0.462. The summed E-state index contributed by atoms with van der Waals surface area (Å²) >= 11 is 0. The Morgan fingerprint density at radius 1 is 1.44 bits per heavy atom. The summed E-state index contributed by atoms with van der Waals surface area (Å²) in [6.45, 7) is -0.383. The van der Waals surface area contributed by atoms with E-state index in [-0.39, 0.29) is 6.61 Å². The summed E-state index contributed by atoms with van der Waals surface area (Å²) in [5.74, 6) is 0. The maximum Gasteiger partial charge on any atom is 0.344 e. The van der Waals surface area contributed by atoms with Crippen LogP contribution in [0.1, 0.15) is 11.7 Å². The summed E-state index contributed by atoms with van der Waals surface area (Å²) in [5, 5.41) is 28.1. The van der Waals surface area contributed by atoms with Gasteiger partial charge in [-0.3, -0.25) is 0 Å². The second kappa shape index (κ2) is 4.30. The van der Waals surface area contributed by atoms with Gasteiger partial charge in [-0.25, -0.2) is 9.78 Å². The second-order valence-corrected chi connectivity index (χ2v) is 3.61. The van der Waals surface area contributed by atoms with Gasteiger partial charge in [0.1, 0.15) is 24.4 Å². The third-order valence-electron chi connectivity index (χ3n) is 2.56. The van der Waals surface area contributed by atoms with Crippen molar-refractivity contribution in [3.05, 3.63) is 28.4 Å². The van der Waals surface area contributed by atoms with E-state index < -0.39 is 30.1 Å². The fraction of sp³-hybridized carbons (Fsp3) is 0.556. The van der Waals surface area contributed by atoms with Crippen LogP contribution in [0.3, 0.4) is 0 Å². The Morgan fingerprint density at radius 3 is 2.69 bits per heavy atom.